The van der Waals surface area contributed by atoms with Crippen LogP contribution in [-0.2, 0) is 0 Å². The van der Waals surface area contributed by atoms with E-state index in [0.29, 0.717) is 19.6 Å². The van der Waals surface area contributed by atoms with Crippen LogP contribution in [0.4, 0.5) is 0 Å². The standard InChI is InChI=1S/3C26H43NO3.Al/c3*1-2-3-4-5-6-7-8-9-10-11-12-13-14-15-16-19-22-27-25(28)23-20-17-18-21-24(23)26(29)30;/h3*17-18,20-21H,2-16,19,22H2,1H3,(H,27,28)(H,29,30);/q;;;+3/p-3. The summed E-state index contributed by atoms with van der Waals surface area (Å²) in [5, 5.41) is 41.6. The van der Waals surface area contributed by atoms with Crippen molar-refractivity contribution < 1.29 is 44.1 Å². The van der Waals surface area contributed by atoms with Gasteiger partial charge in [0, 0.05) is 53.0 Å². The maximum atomic E-state index is 12.1. The van der Waals surface area contributed by atoms with Gasteiger partial charge in [-0.1, -0.05) is 364 Å². The van der Waals surface area contributed by atoms with Gasteiger partial charge in [0.1, 0.15) is 0 Å². The number of carbonyl (C=O) groups excluding carboxylic acids is 6. The molecule has 0 aromatic heterocycles. The van der Waals surface area contributed by atoms with Crippen molar-refractivity contribution >= 4 is 53.0 Å². The van der Waals surface area contributed by atoms with Crippen LogP contribution in [0.1, 0.15) is 391 Å². The van der Waals surface area contributed by atoms with Crippen LogP contribution in [0.5, 0.6) is 0 Å². The van der Waals surface area contributed by atoms with Gasteiger partial charge in [0.25, 0.3) is 17.7 Å². The molecule has 0 aliphatic rings. The van der Waals surface area contributed by atoms with Gasteiger partial charge in [-0.25, -0.2) is 0 Å². The molecule has 3 rings (SSSR count). The Labute approximate surface area is 564 Å². The molecule has 0 bridgehead atoms. The van der Waals surface area contributed by atoms with Crippen molar-refractivity contribution in [3.8, 4) is 0 Å². The van der Waals surface area contributed by atoms with Crippen LogP contribution in [0.15, 0.2) is 72.8 Å². The molecule has 510 valence electrons. The molecule has 0 aliphatic carbocycles. The quantitative estimate of drug-likeness (QED) is 0.0362. The largest absolute Gasteiger partial charge is 3.00 e. The van der Waals surface area contributed by atoms with Crippen molar-refractivity contribution in [2.75, 3.05) is 19.6 Å². The van der Waals surface area contributed by atoms with E-state index >= 15 is 0 Å². The van der Waals surface area contributed by atoms with Crippen LogP contribution in [-0.4, -0.2) is 72.6 Å². The monoisotopic (exact) mass is 1280 g/mol. The molecule has 0 fully saturated rings. The first-order valence-electron chi connectivity index (χ1n) is 36.8. The van der Waals surface area contributed by atoms with E-state index in [0.717, 1.165) is 38.5 Å². The molecule has 0 spiro atoms. The van der Waals surface area contributed by atoms with Gasteiger partial charge in [-0.3, -0.25) is 14.4 Å². The third-order valence-electron chi connectivity index (χ3n) is 17.1. The predicted molar refractivity (Wildman–Crippen MR) is 374 cm³/mol. The van der Waals surface area contributed by atoms with Gasteiger partial charge in [-0.2, -0.15) is 0 Å². The molecule has 3 aromatic rings. The van der Waals surface area contributed by atoms with Crippen LogP contribution < -0.4 is 31.3 Å². The molecular weight excluding hydrogens is 1150 g/mol. The maximum Gasteiger partial charge on any atom is 3.00 e. The second-order valence-corrected chi connectivity index (χ2v) is 25.2. The van der Waals surface area contributed by atoms with E-state index in [9.17, 15) is 44.1 Å². The summed E-state index contributed by atoms with van der Waals surface area (Å²) in [5.74, 6) is -4.96. The zero-order chi connectivity index (χ0) is 65.6. The Morgan fingerprint density at radius 3 is 0.505 bits per heavy atom. The topological polar surface area (TPSA) is 208 Å². The van der Waals surface area contributed by atoms with Crippen molar-refractivity contribution in [2.45, 2.75) is 329 Å². The van der Waals surface area contributed by atoms with E-state index in [1.54, 1.807) is 36.4 Å². The zero-order valence-electron chi connectivity index (χ0n) is 57.7. The Morgan fingerprint density at radius 2 is 0.363 bits per heavy atom. The van der Waals surface area contributed by atoms with Crippen molar-refractivity contribution in [3.05, 3.63) is 106 Å². The maximum absolute atomic E-state index is 12.1. The second kappa shape index (κ2) is 63.8. The molecule has 0 heterocycles. The molecular formula is C78H126AlN3O9. The van der Waals surface area contributed by atoms with E-state index in [1.165, 1.54) is 306 Å². The van der Waals surface area contributed by atoms with Crippen molar-refractivity contribution in [2.24, 2.45) is 0 Å². The Balaban J connectivity index is 0.00000133. The van der Waals surface area contributed by atoms with E-state index in [-0.39, 0.29) is 68.5 Å². The van der Waals surface area contributed by atoms with Crippen LogP contribution in [0.25, 0.3) is 0 Å². The van der Waals surface area contributed by atoms with E-state index in [2.05, 4.69) is 36.7 Å². The van der Waals surface area contributed by atoms with E-state index in [4.69, 9.17) is 0 Å². The summed E-state index contributed by atoms with van der Waals surface area (Å²) in [5.41, 5.74) is 0.364. The number of carboxylic acids is 3. The molecule has 0 radical (unpaired) electrons. The summed E-state index contributed by atoms with van der Waals surface area (Å²) in [6.07, 6.45) is 63.3. The van der Waals surface area contributed by atoms with Crippen molar-refractivity contribution in [1.29, 1.82) is 0 Å². The number of amides is 3. The first kappa shape index (κ1) is 86.0. The van der Waals surface area contributed by atoms with E-state index < -0.39 is 17.9 Å². The van der Waals surface area contributed by atoms with Crippen molar-refractivity contribution in [3.63, 3.8) is 0 Å². The number of carboxylic acid groups (broad SMARTS) is 3. The summed E-state index contributed by atoms with van der Waals surface area (Å²) in [6, 6.07) is 18.5. The number of hydrogen-bond acceptors (Lipinski definition) is 9. The molecule has 0 aliphatic heterocycles. The van der Waals surface area contributed by atoms with Crippen molar-refractivity contribution in [1.82, 2.24) is 16.0 Å². The molecule has 0 saturated carbocycles. The number of carbonyl (C=O) groups is 6. The first-order chi connectivity index (χ1) is 44.0. The number of rotatable bonds is 57. The van der Waals surface area contributed by atoms with Crippen LogP contribution in [0.2, 0.25) is 0 Å². The van der Waals surface area contributed by atoms with Gasteiger partial charge in [0.15, 0.2) is 0 Å². The normalized spacial score (nSPS) is 10.7. The molecule has 3 N–H and O–H groups in total. The number of aromatic carboxylic acids is 3. The first-order valence-corrected chi connectivity index (χ1v) is 36.8. The Bertz CT molecular complexity index is 2010. The third kappa shape index (κ3) is 49.3. The van der Waals surface area contributed by atoms with Gasteiger partial charge < -0.3 is 45.7 Å². The molecule has 3 aromatic carbocycles. The van der Waals surface area contributed by atoms with Crippen LogP contribution in [0, 0.1) is 0 Å². The molecule has 12 nitrogen and oxygen atoms in total. The molecule has 0 atom stereocenters. The second-order valence-electron chi connectivity index (χ2n) is 25.2. The molecule has 91 heavy (non-hydrogen) atoms. The minimum absolute atomic E-state index is 0. The van der Waals surface area contributed by atoms with Gasteiger partial charge >= 0.3 is 17.4 Å². The number of hydrogen-bond donors (Lipinski definition) is 3. The summed E-state index contributed by atoms with van der Waals surface area (Å²) in [6.45, 7) is 8.55. The molecule has 0 unspecified atom stereocenters. The Hall–Kier alpha value is -4.99. The molecule has 13 heteroatoms. The zero-order valence-corrected chi connectivity index (χ0v) is 58.9. The fraction of sp³-hybridized carbons (Fsp3) is 0.692. The fourth-order valence-corrected chi connectivity index (χ4v) is 11.5. The summed E-state index contributed by atoms with van der Waals surface area (Å²) in [7, 11) is 0. The van der Waals surface area contributed by atoms with Crippen LogP contribution >= 0.6 is 0 Å². The molecule has 3 amide bonds. The molecule has 0 saturated heterocycles. The smallest absolute Gasteiger partial charge is 0.545 e. The average molecular weight is 1280 g/mol. The number of nitrogens with one attached hydrogen (secondary N) is 3. The third-order valence-corrected chi connectivity index (χ3v) is 17.1. The number of benzene rings is 3. The summed E-state index contributed by atoms with van der Waals surface area (Å²) in [4.78, 5) is 69.6. The average Bonchev–Trinajstić information content (AvgIpc) is 2.48. The van der Waals surface area contributed by atoms with Gasteiger partial charge in [-0.05, 0) is 37.5 Å². The van der Waals surface area contributed by atoms with E-state index in [1.807, 2.05) is 0 Å². The number of unbranched alkanes of at least 4 members (excludes halogenated alkanes) is 45. The Morgan fingerprint density at radius 1 is 0.231 bits per heavy atom. The van der Waals surface area contributed by atoms with Gasteiger partial charge in [0.2, 0.25) is 0 Å². The minimum atomic E-state index is -1.32. The summed E-state index contributed by atoms with van der Waals surface area (Å²) >= 11 is 0. The van der Waals surface area contributed by atoms with Gasteiger partial charge in [0.05, 0.1) is 17.9 Å². The summed E-state index contributed by atoms with van der Waals surface area (Å²) < 4.78 is 0. The SMILES string of the molecule is CCCCCCCCCCCCCCCCCCNC(=O)c1ccccc1C(=O)[O-].CCCCCCCCCCCCCCCCCCNC(=O)c1ccccc1C(=O)[O-].CCCCCCCCCCCCCCCCCCNC(=O)c1ccccc1C(=O)[O-].[Al+3]. The van der Waals surface area contributed by atoms with Crippen LogP contribution in [0.3, 0.4) is 0 Å². The van der Waals surface area contributed by atoms with Gasteiger partial charge in [-0.15, -0.1) is 0 Å². The Kier molecular flexibility index (Phi) is 60.3. The predicted octanol–water partition coefficient (Wildman–Crippen LogP) is 17.7. The fourth-order valence-electron chi connectivity index (χ4n) is 11.5. The minimum Gasteiger partial charge on any atom is -0.545 e.